The fourth-order valence-electron chi connectivity index (χ4n) is 4.85. The Labute approximate surface area is 208 Å². The summed E-state index contributed by atoms with van der Waals surface area (Å²) < 4.78 is 11.7. The van der Waals surface area contributed by atoms with Crippen molar-refractivity contribution < 1.29 is 24.2 Å². The van der Waals surface area contributed by atoms with Gasteiger partial charge in [-0.3, -0.25) is 9.59 Å². The van der Waals surface area contributed by atoms with E-state index in [1.165, 1.54) is 0 Å². The number of ether oxygens (including phenoxy) is 2. The van der Waals surface area contributed by atoms with Gasteiger partial charge >= 0.3 is 0 Å². The predicted molar refractivity (Wildman–Crippen MR) is 131 cm³/mol. The Morgan fingerprint density at radius 2 is 1.83 bits per heavy atom. The number of aliphatic hydroxyl groups excluding tert-OH is 1. The molecule has 184 valence electrons. The Bertz CT molecular complexity index is 1230. The fraction of sp³-hybridized carbons (Fsp3) is 0.385. The minimum atomic E-state index is -1.44. The molecular weight excluding hydrogens is 470 g/mol. The lowest BCUT2D eigenvalue weighted by atomic mass is 10.00. The van der Waals surface area contributed by atoms with E-state index in [1.807, 2.05) is 44.2 Å². The summed E-state index contributed by atoms with van der Waals surface area (Å²) in [6, 6.07) is 15.6. The molecular formula is C26H28ClN3O5. The summed E-state index contributed by atoms with van der Waals surface area (Å²) in [4.78, 5) is 31.0. The summed E-state index contributed by atoms with van der Waals surface area (Å²) in [5.41, 5.74) is 1.97. The number of aromatic nitrogens is 1. The van der Waals surface area contributed by atoms with Gasteiger partial charge in [0.25, 0.3) is 11.8 Å². The van der Waals surface area contributed by atoms with Gasteiger partial charge in [0.1, 0.15) is 17.9 Å². The van der Waals surface area contributed by atoms with E-state index in [2.05, 4.69) is 10.3 Å². The van der Waals surface area contributed by atoms with Gasteiger partial charge in [0.2, 0.25) is 0 Å². The molecule has 2 fully saturated rings. The summed E-state index contributed by atoms with van der Waals surface area (Å²) in [7, 11) is 0. The van der Waals surface area contributed by atoms with Gasteiger partial charge in [-0.05, 0) is 50.1 Å². The number of hydrogen-bond donors (Lipinski definition) is 3. The van der Waals surface area contributed by atoms with Gasteiger partial charge in [-0.15, -0.1) is 0 Å². The predicted octanol–water partition coefficient (Wildman–Crippen LogP) is 2.89. The van der Waals surface area contributed by atoms with Crippen LogP contribution in [0.25, 0.3) is 10.9 Å². The number of H-pyrrole nitrogens is 1. The number of carbonyl (C=O) groups excluding carboxylic acids is 2. The minimum absolute atomic E-state index is 0.235. The van der Waals surface area contributed by atoms with Crippen molar-refractivity contribution in [3.05, 3.63) is 70.9 Å². The smallest absolute Gasteiger partial charge is 0.268 e. The average molecular weight is 498 g/mol. The van der Waals surface area contributed by atoms with Gasteiger partial charge in [-0.25, -0.2) is 0 Å². The molecule has 9 heteroatoms. The molecule has 3 aromatic rings. The first kappa shape index (κ1) is 23.8. The molecule has 5 rings (SSSR count). The summed E-state index contributed by atoms with van der Waals surface area (Å²) in [6.07, 6.45) is -1.63. The first-order chi connectivity index (χ1) is 16.7. The number of benzene rings is 2. The number of hydrogen-bond acceptors (Lipinski definition) is 5. The molecule has 0 radical (unpaired) electrons. The largest absolute Gasteiger partial charge is 0.381 e. The molecule has 0 saturated carbocycles. The number of carbonyl (C=O) groups is 2. The number of halogens is 1. The monoisotopic (exact) mass is 497 g/mol. The maximum atomic E-state index is 13.3. The first-order valence-electron chi connectivity index (χ1n) is 11.6. The van der Waals surface area contributed by atoms with Crippen LogP contribution in [0.4, 0.5) is 0 Å². The zero-order valence-electron chi connectivity index (χ0n) is 19.5. The lowest BCUT2D eigenvalue weighted by Crippen LogP contribution is -2.53. The Kier molecular flexibility index (Phi) is 6.31. The summed E-state index contributed by atoms with van der Waals surface area (Å²) in [6.45, 7) is 4.35. The molecule has 0 unspecified atom stereocenters. The van der Waals surface area contributed by atoms with Crippen molar-refractivity contribution in [3.8, 4) is 0 Å². The Morgan fingerprint density at radius 1 is 1.14 bits per heavy atom. The van der Waals surface area contributed by atoms with Crippen molar-refractivity contribution in [1.82, 2.24) is 15.2 Å². The quantitative estimate of drug-likeness (QED) is 0.486. The average Bonchev–Trinajstić information content (AvgIpc) is 3.48. The SMILES string of the molecule is CC1(C)O[C@H]2CN(C(=O)[C@H](O)[C@@H](Cc3ccccc3)NC(=O)c3cc4cc(Cl)ccc4[nH]3)C[C@H]2O1. The van der Waals surface area contributed by atoms with E-state index in [1.54, 1.807) is 29.2 Å². The van der Waals surface area contributed by atoms with E-state index in [4.69, 9.17) is 21.1 Å². The van der Waals surface area contributed by atoms with E-state index in [-0.39, 0.29) is 18.6 Å². The third kappa shape index (κ3) is 5.06. The third-order valence-electron chi connectivity index (χ3n) is 6.47. The highest BCUT2D eigenvalue weighted by Gasteiger charge is 2.49. The Hall–Kier alpha value is -2.91. The maximum Gasteiger partial charge on any atom is 0.268 e. The van der Waals surface area contributed by atoms with Gasteiger partial charge in [-0.1, -0.05) is 41.9 Å². The standard InChI is InChI=1S/C26H28ClN3O5/c1-26(2)34-21-13-30(14-22(21)35-26)25(33)23(31)19(10-15-6-4-3-5-7-15)29-24(32)20-12-16-11-17(27)8-9-18(16)28-20/h3-9,11-12,19,21-23,28,31H,10,13-14H2,1-2H3,(H,29,32)/t19-,21-,22+,23-/m1/s1. The second kappa shape index (κ2) is 9.28. The van der Waals surface area contributed by atoms with Crippen LogP contribution in [-0.2, 0) is 20.7 Å². The van der Waals surface area contributed by atoms with Crippen LogP contribution in [-0.4, -0.2) is 70.0 Å². The van der Waals surface area contributed by atoms with E-state index >= 15 is 0 Å². The molecule has 2 aromatic carbocycles. The summed E-state index contributed by atoms with van der Waals surface area (Å²) in [5, 5.41) is 15.3. The second-order valence-electron chi connectivity index (χ2n) is 9.58. The van der Waals surface area contributed by atoms with Crippen molar-refractivity contribution in [2.45, 2.75) is 50.4 Å². The van der Waals surface area contributed by atoms with Crippen LogP contribution < -0.4 is 5.32 Å². The molecule has 3 heterocycles. The highest BCUT2D eigenvalue weighted by Crippen LogP contribution is 2.33. The fourth-order valence-corrected chi connectivity index (χ4v) is 5.03. The van der Waals surface area contributed by atoms with Gasteiger partial charge in [0, 0.05) is 29.0 Å². The molecule has 35 heavy (non-hydrogen) atoms. The molecule has 4 atom stereocenters. The number of fused-ring (bicyclic) bond motifs is 2. The second-order valence-corrected chi connectivity index (χ2v) is 10.0. The molecule has 2 saturated heterocycles. The summed E-state index contributed by atoms with van der Waals surface area (Å²) in [5.74, 6) is -1.57. The van der Waals surface area contributed by atoms with Crippen molar-refractivity contribution in [3.63, 3.8) is 0 Å². The molecule has 2 amide bonds. The number of amides is 2. The van der Waals surface area contributed by atoms with E-state index in [9.17, 15) is 14.7 Å². The number of rotatable bonds is 6. The zero-order chi connectivity index (χ0) is 24.7. The zero-order valence-corrected chi connectivity index (χ0v) is 20.3. The van der Waals surface area contributed by atoms with Gasteiger partial charge in [0.15, 0.2) is 11.9 Å². The molecule has 0 aliphatic carbocycles. The van der Waals surface area contributed by atoms with Gasteiger partial charge < -0.3 is 29.8 Å². The highest BCUT2D eigenvalue weighted by molar-refractivity contribution is 6.31. The minimum Gasteiger partial charge on any atom is -0.381 e. The first-order valence-corrected chi connectivity index (χ1v) is 12.0. The van der Waals surface area contributed by atoms with Crippen LogP contribution in [0.3, 0.4) is 0 Å². The summed E-state index contributed by atoms with van der Waals surface area (Å²) >= 11 is 6.06. The topological polar surface area (TPSA) is 104 Å². The molecule has 2 aliphatic rings. The molecule has 1 aromatic heterocycles. The number of nitrogens with zero attached hydrogens (tertiary/aromatic N) is 1. The maximum absolute atomic E-state index is 13.3. The lowest BCUT2D eigenvalue weighted by molar-refractivity contribution is -0.163. The van der Waals surface area contributed by atoms with Crippen LogP contribution >= 0.6 is 11.6 Å². The molecule has 0 spiro atoms. The van der Waals surface area contributed by atoms with E-state index in [0.717, 1.165) is 16.5 Å². The highest BCUT2D eigenvalue weighted by atomic mass is 35.5. The van der Waals surface area contributed by atoms with Crippen LogP contribution in [0.5, 0.6) is 0 Å². The Balaban J connectivity index is 1.33. The van der Waals surface area contributed by atoms with Crippen LogP contribution in [0, 0.1) is 0 Å². The van der Waals surface area contributed by atoms with E-state index in [0.29, 0.717) is 23.8 Å². The lowest BCUT2D eigenvalue weighted by Gasteiger charge is -2.28. The molecule has 8 nitrogen and oxygen atoms in total. The number of aliphatic hydroxyl groups is 1. The number of nitrogens with one attached hydrogen (secondary N) is 2. The number of likely N-dealkylation sites (tertiary alicyclic amines) is 1. The van der Waals surface area contributed by atoms with Crippen LogP contribution in [0.1, 0.15) is 29.9 Å². The Morgan fingerprint density at radius 3 is 2.51 bits per heavy atom. The van der Waals surface area contributed by atoms with E-state index < -0.39 is 29.7 Å². The van der Waals surface area contributed by atoms with Crippen LogP contribution in [0.15, 0.2) is 54.6 Å². The van der Waals surface area contributed by atoms with Crippen molar-refractivity contribution in [1.29, 1.82) is 0 Å². The van der Waals surface area contributed by atoms with Crippen molar-refractivity contribution in [2.75, 3.05) is 13.1 Å². The van der Waals surface area contributed by atoms with Crippen molar-refractivity contribution in [2.24, 2.45) is 0 Å². The molecule has 3 N–H and O–H groups in total. The van der Waals surface area contributed by atoms with Gasteiger partial charge in [-0.2, -0.15) is 0 Å². The normalized spacial score (nSPS) is 22.7. The third-order valence-corrected chi connectivity index (χ3v) is 6.71. The molecule has 0 bridgehead atoms. The number of aromatic amines is 1. The molecule has 2 aliphatic heterocycles. The van der Waals surface area contributed by atoms with Crippen LogP contribution in [0.2, 0.25) is 5.02 Å². The van der Waals surface area contributed by atoms with Gasteiger partial charge in [0.05, 0.1) is 6.04 Å². The van der Waals surface area contributed by atoms with Crippen molar-refractivity contribution >= 4 is 34.3 Å².